The lowest BCUT2D eigenvalue weighted by Gasteiger charge is -2.19. The molecule has 0 aliphatic heterocycles. The summed E-state index contributed by atoms with van der Waals surface area (Å²) in [6, 6.07) is 2.65. The van der Waals surface area contributed by atoms with E-state index in [-0.39, 0.29) is 0 Å². The Balaban J connectivity index is 1.88. The van der Waals surface area contributed by atoms with Gasteiger partial charge in [0, 0.05) is 18.8 Å². The maximum Gasteiger partial charge on any atom is 0.125 e. The highest BCUT2D eigenvalue weighted by molar-refractivity contribution is 5.01. The Labute approximate surface area is 97.7 Å². The second kappa shape index (κ2) is 4.91. The van der Waals surface area contributed by atoms with Crippen molar-refractivity contribution in [1.29, 1.82) is 0 Å². The predicted octanol–water partition coefficient (Wildman–Crippen LogP) is 2.31. The van der Waals surface area contributed by atoms with Crippen LogP contribution in [0.5, 0.6) is 0 Å². The first-order valence-electron chi connectivity index (χ1n) is 6.18. The fraction of sp³-hybridized carbons (Fsp3) is 0.692. The first-order chi connectivity index (χ1) is 7.66. The molecule has 3 nitrogen and oxygen atoms in total. The molecule has 1 saturated carbocycles. The smallest absolute Gasteiger partial charge is 0.125 e. The number of aromatic nitrogens is 2. The van der Waals surface area contributed by atoms with E-state index in [4.69, 9.17) is 0 Å². The highest BCUT2D eigenvalue weighted by Crippen LogP contribution is 2.31. The van der Waals surface area contributed by atoms with Crippen molar-refractivity contribution in [3.63, 3.8) is 0 Å². The van der Waals surface area contributed by atoms with Crippen molar-refractivity contribution in [2.45, 2.75) is 46.2 Å². The largest absolute Gasteiger partial charge is 0.308 e. The van der Waals surface area contributed by atoms with Crippen molar-refractivity contribution in [1.82, 2.24) is 15.3 Å². The second-order valence-electron chi connectivity index (χ2n) is 5.00. The zero-order valence-electron chi connectivity index (χ0n) is 10.4. The molecule has 1 aliphatic rings. The minimum absolute atomic E-state index is 0.658. The SMILES string of the molecule is Cc1nccc(CNC2CCC(C)C2C)n1. The Morgan fingerprint density at radius 1 is 1.38 bits per heavy atom. The van der Waals surface area contributed by atoms with Gasteiger partial charge in [0.2, 0.25) is 0 Å². The average Bonchev–Trinajstić information content (AvgIpc) is 2.57. The first kappa shape index (κ1) is 11.5. The Bertz CT molecular complexity index is 351. The highest BCUT2D eigenvalue weighted by Gasteiger charge is 2.28. The van der Waals surface area contributed by atoms with Crippen molar-refractivity contribution in [2.75, 3.05) is 0 Å². The van der Waals surface area contributed by atoms with Gasteiger partial charge in [0.15, 0.2) is 0 Å². The van der Waals surface area contributed by atoms with Gasteiger partial charge in [-0.05, 0) is 37.7 Å². The van der Waals surface area contributed by atoms with E-state index in [0.29, 0.717) is 6.04 Å². The molecule has 0 amide bonds. The molecule has 1 aromatic rings. The number of rotatable bonds is 3. The summed E-state index contributed by atoms with van der Waals surface area (Å²) in [7, 11) is 0. The molecule has 0 aromatic carbocycles. The van der Waals surface area contributed by atoms with Gasteiger partial charge in [-0.2, -0.15) is 0 Å². The van der Waals surface area contributed by atoms with Crippen molar-refractivity contribution in [3.05, 3.63) is 23.8 Å². The Morgan fingerprint density at radius 3 is 2.81 bits per heavy atom. The van der Waals surface area contributed by atoms with Crippen LogP contribution in [0.15, 0.2) is 12.3 Å². The van der Waals surface area contributed by atoms with Crippen LogP contribution in [0.3, 0.4) is 0 Å². The second-order valence-corrected chi connectivity index (χ2v) is 5.00. The topological polar surface area (TPSA) is 37.8 Å². The third-order valence-corrected chi connectivity index (χ3v) is 3.84. The molecule has 16 heavy (non-hydrogen) atoms. The molecule has 0 saturated heterocycles. The quantitative estimate of drug-likeness (QED) is 0.847. The molecule has 1 aromatic heterocycles. The molecular formula is C13H21N3. The van der Waals surface area contributed by atoms with Crippen LogP contribution in [0.25, 0.3) is 0 Å². The lowest BCUT2D eigenvalue weighted by molar-refractivity contribution is 0.368. The van der Waals surface area contributed by atoms with Crippen LogP contribution >= 0.6 is 0 Å². The summed E-state index contributed by atoms with van der Waals surface area (Å²) in [5.74, 6) is 2.49. The molecule has 1 aliphatic carbocycles. The molecule has 88 valence electrons. The van der Waals surface area contributed by atoms with Crippen molar-refractivity contribution in [3.8, 4) is 0 Å². The van der Waals surface area contributed by atoms with Crippen LogP contribution in [-0.4, -0.2) is 16.0 Å². The predicted molar refractivity (Wildman–Crippen MR) is 65.0 cm³/mol. The Hall–Kier alpha value is -0.960. The molecule has 1 fully saturated rings. The zero-order chi connectivity index (χ0) is 11.5. The summed E-state index contributed by atoms with van der Waals surface area (Å²) >= 11 is 0. The monoisotopic (exact) mass is 219 g/mol. The minimum atomic E-state index is 0.658. The Kier molecular flexibility index (Phi) is 3.54. The van der Waals surface area contributed by atoms with Crippen molar-refractivity contribution in [2.24, 2.45) is 11.8 Å². The summed E-state index contributed by atoms with van der Waals surface area (Å²) in [4.78, 5) is 8.51. The van der Waals surface area contributed by atoms with E-state index in [1.165, 1.54) is 12.8 Å². The first-order valence-corrected chi connectivity index (χ1v) is 6.18. The van der Waals surface area contributed by atoms with Gasteiger partial charge in [-0.1, -0.05) is 13.8 Å². The fourth-order valence-electron chi connectivity index (χ4n) is 2.49. The number of nitrogens with one attached hydrogen (secondary N) is 1. The fourth-order valence-corrected chi connectivity index (χ4v) is 2.49. The molecule has 1 heterocycles. The molecule has 0 spiro atoms. The average molecular weight is 219 g/mol. The molecule has 3 heteroatoms. The van der Waals surface area contributed by atoms with E-state index in [1.54, 1.807) is 0 Å². The number of hydrogen-bond donors (Lipinski definition) is 1. The van der Waals surface area contributed by atoms with Crippen LogP contribution in [0.1, 0.15) is 38.2 Å². The van der Waals surface area contributed by atoms with Gasteiger partial charge in [-0.25, -0.2) is 9.97 Å². The highest BCUT2D eigenvalue weighted by atomic mass is 15.0. The van der Waals surface area contributed by atoms with Crippen LogP contribution in [-0.2, 0) is 6.54 Å². The van der Waals surface area contributed by atoms with Gasteiger partial charge in [0.05, 0.1) is 5.69 Å². The summed E-state index contributed by atoms with van der Waals surface area (Å²) in [5.41, 5.74) is 1.10. The third-order valence-electron chi connectivity index (χ3n) is 3.84. The normalized spacial score (nSPS) is 29.6. The third kappa shape index (κ3) is 2.59. The van der Waals surface area contributed by atoms with Gasteiger partial charge in [-0.3, -0.25) is 0 Å². The molecule has 1 N–H and O–H groups in total. The van der Waals surface area contributed by atoms with E-state index < -0.39 is 0 Å². The molecule has 0 bridgehead atoms. The molecule has 3 atom stereocenters. The van der Waals surface area contributed by atoms with E-state index in [0.717, 1.165) is 29.9 Å². The van der Waals surface area contributed by atoms with Crippen LogP contribution in [0.4, 0.5) is 0 Å². The molecular weight excluding hydrogens is 198 g/mol. The van der Waals surface area contributed by atoms with E-state index >= 15 is 0 Å². The van der Waals surface area contributed by atoms with Crippen molar-refractivity contribution >= 4 is 0 Å². The minimum Gasteiger partial charge on any atom is -0.308 e. The van der Waals surface area contributed by atoms with Gasteiger partial charge >= 0.3 is 0 Å². The van der Waals surface area contributed by atoms with Gasteiger partial charge < -0.3 is 5.32 Å². The standard InChI is InChI=1S/C13H21N3/c1-9-4-5-13(10(9)2)15-8-12-6-7-14-11(3)16-12/h6-7,9-10,13,15H,4-5,8H2,1-3H3. The summed E-state index contributed by atoms with van der Waals surface area (Å²) in [6.45, 7) is 7.50. The van der Waals surface area contributed by atoms with Gasteiger partial charge in [-0.15, -0.1) is 0 Å². The summed E-state index contributed by atoms with van der Waals surface area (Å²) in [6.07, 6.45) is 4.48. The summed E-state index contributed by atoms with van der Waals surface area (Å²) in [5, 5.41) is 3.62. The number of aryl methyl sites for hydroxylation is 1. The molecule has 3 unspecified atom stereocenters. The van der Waals surface area contributed by atoms with Gasteiger partial charge in [0.1, 0.15) is 5.82 Å². The molecule has 2 rings (SSSR count). The van der Waals surface area contributed by atoms with Crippen molar-refractivity contribution < 1.29 is 0 Å². The van der Waals surface area contributed by atoms with E-state index in [9.17, 15) is 0 Å². The number of hydrogen-bond acceptors (Lipinski definition) is 3. The zero-order valence-corrected chi connectivity index (χ0v) is 10.4. The van der Waals surface area contributed by atoms with E-state index in [1.807, 2.05) is 19.2 Å². The van der Waals surface area contributed by atoms with E-state index in [2.05, 4.69) is 29.1 Å². The lowest BCUT2D eigenvalue weighted by atomic mass is 9.98. The van der Waals surface area contributed by atoms with Crippen LogP contribution in [0.2, 0.25) is 0 Å². The maximum atomic E-state index is 4.40. The lowest BCUT2D eigenvalue weighted by Crippen LogP contribution is -2.32. The van der Waals surface area contributed by atoms with Crippen LogP contribution < -0.4 is 5.32 Å². The number of nitrogens with zero attached hydrogens (tertiary/aromatic N) is 2. The van der Waals surface area contributed by atoms with Crippen LogP contribution in [0, 0.1) is 18.8 Å². The van der Waals surface area contributed by atoms with Gasteiger partial charge in [0.25, 0.3) is 0 Å². The maximum absolute atomic E-state index is 4.40. The Morgan fingerprint density at radius 2 is 2.19 bits per heavy atom. The summed E-state index contributed by atoms with van der Waals surface area (Å²) < 4.78 is 0. The molecule has 0 radical (unpaired) electrons.